The van der Waals surface area contributed by atoms with Gasteiger partial charge in [0.05, 0.1) is 4.92 Å². The van der Waals surface area contributed by atoms with E-state index in [1.807, 2.05) is 6.92 Å². The molecule has 0 aromatic heterocycles. The zero-order valence-corrected chi connectivity index (χ0v) is 12.4. The van der Waals surface area contributed by atoms with Crippen LogP contribution in [0.2, 0.25) is 0 Å². The first-order chi connectivity index (χ1) is 10.0. The third-order valence-corrected chi connectivity index (χ3v) is 3.82. The van der Waals surface area contributed by atoms with Gasteiger partial charge in [-0.3, -0.25) is 14.9 Å². The summed E-state index contributed by atoms with van der Waals surface area (Å²) < 4.78 is 0. The van der Waals surface area contributed by atoms with Crippen LogP contribution in [-0.2, 0) is 0 Å². The SMILES string of the molecule is CCCNc1ccc(C(=O)NCC2CC2C)cc1[N+](=O)[O-]. The number of hydrogen-bond donors (Lipinski definition) is 2. The number of amides is 1. The van der Waals surface area contributed by atoms with Crippen LogP contribution in [0.1, 0.15) is 37.0 Å². The van der Waals surface area contributed by atoms with Gasteiger partial charge in [-0.25, -0.2) is 0 Å². The van der Waals surface area contributed by atoms with Crippen molar-refractivity contribution in [1.82, 2.24) is 5.32 Å². The maximum Gasteiger partial charge on any atom is 0.293 e. The highest BCUT2D eigenvalue weighted by Gasteiger charge is 2.32. The van der Waals surface area contributed by atoms with Crippen molar-refractivity contribution in [2.75, 3.05) is 18.4 Å². The summed E-state index contributed by atoms with van der Waals surface area (Å²) in [5, 5.41) is 17.0. The topological polar surface area (TPSA) is 84.3 Å². The highest BCUT2D eigenvalue weighted by Crippen LogP contribution is 2.36. The first-order valence-corrected chi connectivity index (χ1v) is 7.33. The molecule has 1 amide bonds. The van der Waals surface area contributed by atoms with E-state index in [2.05, 4.69) is 17.6 Å². The molecule has 21 heavy (non-hydrogen) atoms. The molecule has 1 aromatic carbocycles. The molecule has 1 aromatic rings. The Morgan fingerprint density at radius 2 is 2.19 bits per heavy atom. The molecule has 2 N–H and O–H groups in total. The van der Waals surface area contributed by atoms with Crippen LogP contribution in [0.25, 0.3) is 0 Å². The second-order valence-corrected chi connectivity index (χ2v) is 5.60. The Kier molecular flexibility index (Phi) is 4.77. The predicted molar refractivity (Wildman–Crippen MR) is 81.5 cm³/mol. The van der Waals surface area contributed by atoms with Gasteiger partial charge in [-0.2, -0.15) is 0 Å². The predicted octanol–water partition coefficient (Wildman–Crippen LogP) is 2.80. The largest absolute Gasteiger partial charge is 0.380 e. The number of nitro benzene ring substituents is 1. The van der Waals surface area contributed by atoms with Crippen LogP contribution in [0.15, 0.2) is 18.2 Å². The molecule has 114 valence electrons. The highest BCUT2D eigenvalue weighted by molar-refractivity contribution is 5.95. The molecule has 6 nitrogen and oxygen atoms in total. The first-order valence-electron chi connectivity index (χ1n) is 7.33. The Morgan fingerprint density at radius 3 is 2.76 bits per heavy atom. The zero-order valence-electron chi connectivity index (χ0n) is 12.4. The summed E-state index contributed by atoms with van der Waals surface area (Å²) >= 11 is 0. The van der Waals surface area contributed by atoms with Crippen molar-refractivity contribution in [1.29, 1.82) is 0 Å². The average Bonchev–Trinajstić information content (AvgIpc) is 3.18. The molecule has 0 aliphatic heterocycles. The molecule has 6 heteroatoms. The molecule has 2 rings (SSSR count). The summed E-state index contributed by atoms with van der Waals surface area (Å²) in [5.41, 5.74) is 0.724. The molecule has 1 saturated carbocycles. The minimum absolute atomic E-state index is 0.0594. The molecule has 0 bridgehead atoms. The fraction of sp³-hybridized carbons (Fsp3) is 0.533. The molecular weight excluding hydrogens is 270 g/mol. The normalized spacial score (nSPS) is 19.9. The van der Waals surface area contributed by atoms with Crippen molar-refractivity contribution < 1.29 is 9.72 Å². The lowest BCUT2D eigenvalue weighted by atomic mass is 10.1. The quantitative estimate of drug-likeness (QED) is 0.597. The van der Waals surface area contributed by atoms with Gasteiger partial charge < -0.3 is 10.6 Å². The molecule has 0 heterocycles. The number of carbonyl (C=O) groups is 1. The molecule has 2 atom stereocenters. The second-order valence-electron chi connectivity index (χ2n) is 5.60. The minimum Gasteiger partial charge on any atom is -0.380 e. The van der Waals surface area contributed by atoms with E-state index in [-0.39, 0.29) is 11.6 Å². The number of nitrogens with zero attached hydrogens (tertiary/aromatic N) is 1. The molecule has 1 aliphatic carbocycles. The Balaban J connectivity index is 2.07. The fourth-order valence-electron chi connectivity index (χ4n) is 2.24. The highest BCUT2D eigenvalue weighted by atomic mass is 16.6. The molecule has 0 saturated heterocycles. The molecular formula is C15H21N3O3. The lowest BCUT2D eigenvalue weighted by Gasteiger charge is -2.08. The van der Waals surface area contributed by atoms with Crippen molar-refractivity contribution >= 4 is 17.3 Å². The lowest BCUT2D eigenvalue weighted by molar-refractivity contribution is -0.384. The summed E-state index contributed by atoms with van der Waals surface area (Å²) in [4.78, 5) is 22.7. The Bertz CT molecular complexity index is 545. The van der Waals surface area contributed by atoms with E-state index in [0.29, 0.717) is 36.2 Å². The van der Waals surface area contributed by atoms with E-state index in [9.17, 15) is 14.9 Å². The molecule has 0 radical (unpaired) electrons. The van der Waals surface area contributed by atoms with Crippen LogP contribution in [0, 0.1) is 22.0 Å². The van der Waals surface area contributed by atoms with Crippen molar-refractivity contribution in [2.45, 2.75) is 26.7 Å². The van der Waals surface area contributed by atoms with Gasteiger partial charge >= 0.3 is 0 Å². The number of anilines is 1. The number of hydrogen-bond acceptors (Lipinski definition) is 4. The molecule has 1 aliphatic rings. The van der Waals surface area contributed by atoms with Crippen LogP contribution in [0.5, 0.6) is 0 Å². The maximum atomic E-state index is 12.0. The number of nitro groups is 1. The fourth-order valence-corrected chi connectivity index (χ4v) is 2.24. The monoisotopic (exact) mass is 291 g/mol. The smallest absolute Gasteiger partial charge is 0.293 e. The number of rotatable bonds is 7. The van der Waals surface area contributed by atoms with Gasteiger partial charge in [0.25, 0.3) is 11.6 Å². The van der Waals surface area contributed by atoms with E-state index < -0.39 is 4.92 Å². The van der Waals surface area contributed by atoms with Crippen LogP contribution < -0.4 is 10.6 Å². The number of nitrogens with one attached hydrogen (secondary N) is 2. The third kappa shape index (κ3) is 3.93. The third-order valence-electron chi connectivity index (χ3n) is 3.82. The van der Waals surface area contributed by atoms with E-state index in [1.54, 1.807) is 12.1 Å². The van der Waals surface area contributed by atoms with Crippen LogP contribution >= 0.6 is 0 Å². The van der Waals surface area contributed by atoms with Gasteiger partial charge in [0.1, 0.15) is 5.69 Å². The van der Waals surface area contributed by atoms with E-state index in [1.165, 1.54) is 6.07 Å². The van der Waals surface area contributed by atoms with Gasteiger partial charge in [-0.15, -0.1) is 0 Å². The van der Waals surface area contributed by atoms with E-state index in [0.717, 1.165) is 12.8 Å². The van der Waals surface area contributed by atoms with Gasteiger partial charge in [0.2, 0.25) is 0 Å². The first kappa shape index (κ1) is 15.3. The van der Waals surface area contributed by atoms with Crippen molar-refractivity contribution in [3.8, 4) is 0 Å². The van der Waals surface area contributed by atoms with Crippen molar-refractivity contribution in [3.63, 3.8) is 0 Å². The summed E-state index contributed by atoms with van der Waals surface area (Å²) in [6.07, 6.45) is 2.01. The maximum absolute atomic E-state index is 12.0. The number of benzene rings is 1. The van der Waals surface area contributed by atoms with Crippen molar-refractivity contribution in [3.05, 3.63) is 33.9 Å². The summed E-state index contributed by atoms with van der Waals surface area (Å²) in [6.45, 7) is 5.44. The van der Waals surface area contributed by atoms with E-state index >= 15 is 0 Å². The minimum atomic E-state index is -0.461. The second kappa shape index (κ2) is 6.56. The van der Waals surface area contributed by atoms with Gasteiger partial charge in [0, 0.05) is 24.7 Å². The standard InChI is InChI=1S/C15H21N3O3/c1-3-6-16-13-5-4-11(8-14(13)18(20)21)15(19)17-9-12-7-10(12)2/h4-5,8,10,12,16H,3,6-7,9H2,1-2H3,(H,17,19). The van der Waals surface area contributed by atoms with Gasteiger partial charge in [-0.05, 0) is 36.8 Å². The summed E-state index contributed by atoms with van der Waals surface area (Å²) in [5.74, 6) is 0.967. The average molecular weight is 291 g/mol. The summed E-state index contributed by atoms with van der Waals surface area (Å²) in [7, 11) is 0. The molecule has 2 unspecified atom stereocenters. The van der Waals surface area contributed by atoms with Crippen LogP contribution in [0.3, 0.4) is 0 Å². The molecule has 0 spiro atoms. The zero-order chi connectivity index (χ0) is 15.4. The van der Waals surface area contributed by atoms with Crippen LogP contribution in [-0.4, -0.2) is 23.9 Å². The van der Waals surface area contributed by atoms with Crippen molar-refractivity contribution in [2.24, 2.45) is 11.8 Å². The van der Waals surface area contributed by atoms with E-state index in [4.69, 9.17) is 0 Å². The summed E-state index contributed by atoms with van der Waals surface area (Å²) in [6, 6.07) is 4.56. The van der Waals surface area contributed by atoms with Crippen LogP contribution in [0.4, 0.5) is 11.4 Å². The van der Waals surface area contributed by atoms with Gasteiger partial charge in [0.15, 0.2) is 0 Å². The number of carbonyl (C=O) groups excluding carboxylic acids is 1. The lowest BCUT2D eigenvalue weighted by Crippen LogP contribution is -2.26. The Hall–Kier alpha value is -2.11. The molecule has 1 fully saturated rings. The van der Waals surface area contributed by atoms with Gasteiger partial charge in [-0.1, -0.05) is 13.8 Å². The Morgan fingerprint density at radius 1 is 1.48 bits per heavy atom. The Labute approximate surface area is 124 Å².